The molecule has 8 nitrogen and oxygen atoms in total. The zero-order valence-electron chi connectivity index (χ0n) is 15.2. The summed E-state index contributed by atoms with van der Waals surface area (Å²) in [5, 5.41) is 2.51. The maximum Gasteiger partial charge on any atom is 0.335 e. The third-order valence-electron chi connectivity index (χ3n) is 4.28. The van der Waals surface area contributed by atoms with E-state index in [9.17, 15) is 14.4 Å². The van der Waals surface area contributed by atoms with Crippen molar-refractivity contribution in [1.82, 2.24) is 5.32 Å². The van der Waals surface area contributed by atoms with E-state index in [1.54, 1.807) is 24.3 Å². The summed E-state index contributed by atoms with van der Waals surface area (Å²) in [6, 6.07) is 8.65. The monoisotopic (exact) mass is 414 g/mol. The summed E-state index contributed by atoms with van der Waals surface area (Å²) in [5.74, 6) is -0.143. The van der Waals surface area contributed by atoms with Crippen molar-refractivity contribution in [2.45, 2.75) is 6.92 Å². The first-order valence-corrected chi connectivity index (χ1v) is 9.09. The number of imide groups is 2. The van der Waals surface area contributed by atoms with Gasteiger partial charge < -0.3 is 14.2 Å². The number of anilines is 1. The van der Waals surface area contributed by atoms with Gasteiger partial charge in [-0.1, -0.05) is 17.7 Å². The number of ether oxygens (including phenoxy) is 3. The van der Waals surface area contributed by atoms with Crippen LogP contribution in [0.3, 0.4) is 0 Å². The van der Waals surface area contributed by atoms with Gasteiger partial charge in [0.25, 0.3) is 11.8 Å². The molecule has 4 amide bonds. The summed E-state index contributed by atoms with van der Waals surface area (Å²) in [6.07, 6.45) is 1.37. The fourth-order valence-corrected chi connectivity index (χ4v) is 3.21. The number of rotatable bonds is 4. The van der Waals surface area contributed by atoms with E-state index in [4.69, 9.17) is 25.8 Å². The molecule has 2 heterocycles. The maximum atomic E-state index is 13.0. The molecule has 148 valence electrons. The van der Waals surface area contributed by atoms with Gasteiger partial charge in [-0.2, -0.15) is 0 Å². The van der Waals surface area contributed by atoms with Crippen LogP contribution in [0.15, 0.2) is 42.0 Å². The molecule has 29 heavy (non-hydrogen) atoms. The number of benzene rings is 2. The lowest BCUT2D eigenvalue weighted by molar-refractivity contribution is -0.122. The van der Waals surface area contributed by atoms with Crippen LogP contribution in [-0.2, 0) is 9.59 Å². The van der Waals surface area contributed by atoms with E-state index in [2.05, 4.69) is 5.32 Å². The highest BCUT2D eigenvalue weighted by Gasteiger charge is 2.37. The van der Waals surface area contributed by atoms with Gasteiger partial charge in [-0.3, -0.25) is 14.9 Å². The molecule has 0 aliphatic carbocycles. The summed E-state index contributed by atoms with van der Waals surface area (Å²) in [7, 11) is 0. The van der Waals surface area contributed by atoms with Crippen LogP contribution in [0.5, 0.6) is 17.2 Å². The number of hydrogen-bond donors (Lipinski definition) is 1. The Morgan fingerprint density at radius 1 is 1.14 bits per heavy atom. The Balaban J connectivity index is 1.68. The smallest absolute Gasteiger partial charge is 0.335 e. The van der Waals surface area contributed by atoms with Crippen molar-refractivity contribution in [3.8, 4) is 17.2 Å². The lowest BCUT2D eigenvalue weighted by Crippen LogP contribution is -2.54. The topological polar surface area (TPSA) is 94.2 Å². The molecule has 2 aromatic carbocycles. The molecular formula is C20H15ClN2O6. The van der Waals surface area contributed by atoms with Crippen molar-refractivity contribution >= 4 is 41.2 Å². The SMILES string of the molecule is CCOc1ccc(C=C2C(=O)NC(=O)N(c3ccc4c(c3)OCO4)C2=O)cc1Cl. The molecule has 0 spiro atoms. The zero-order valence-corrected chi connectivity index (χ0v) is 16.0. The van der Waals surface area contributed by atoms with Gasteiger partial charge in [0, 0.05) is 6.07 Å². The van der Waals surface area contributed by atoms with E-state index in [1.807, 2.05) is 6.92 Å². The Labute approximate surface area is 170 Å². The van der Waals surface area contributed by atoms with Gasteiger partial charge in [-0.15, -0.1) is 0 Å². The Hall–Kier alpha value is -3.52. The Morgan fingerprint density at radius 2 is 1.93 bits per heavy atom. The first-order chi connectivity index (χ1) is 14.0. The second kappa shape index (κ2) is 7.48. The van der Waals surface area contributed by atoms with E-state index in [1.165, 1.54) is 18.2 Å². The first-order valence-electron chi connectivity index (χ1n) is 8.71. The number of nitrogens with one attached hydrogen (secondary N) is 1. The first kappa shape index (κ1) is 18.8. The molecule has 1 saturated heterocycles. The zero-order chi connectivity index (χ0) is 20.5. The number of nitrogens with zero attached hydrogens (tertiary/aromatic N) is 1. The van der Waals surface area contributed by atoms with Gasteiger partial charge in [0.15, 0.2) is 11.5 Å². The van der Waals surface area contributed by atoms with Gasteiger partial charge in [-0.05, 0) is 42.8 Å². The number of urea groups is 1. The fraction of sp³-hybridized carbons (Fsp3) is 0.150. The fourth-order valence-electron chi connectivity index (χ4n) is 2.96. The summed E-state index contributed by atoms with van der Waals surface area (Å²) in [4.78, 5) is 38.4. The van der Waals surface area contributed by atoms with Crippen LogP contribution in [0.25, 0.3) is 6.08 Å². The minimum absolute atomic E-state index is 0.0566. The lowest BCUT2D eigenvalue weighted by Gasteiger charge is -2.26. The highest BCUT2D eigenvalue weighted by molar-refractivity contribution is 6.39. The number of fused-ring (bicyclic) bond motifs is 1. The highest BCUT2D eigenvalue weighted by Crippen LogP contribution is 2.36. The van der Waals surface area contributed by atoms with Crippen LogP contribution in [-0.4, -0.2) is 31.2 Å². The van der Waals surface area contributed by atoms with Crippen molar-refractivity contribution in [2.24, 2.45) is 0 Å². The van der Waals surface area contributed by atoms with Crippen molar-refractivity contribution in [3.63, 3.8) is 0 Å². The van der Waals surface area contributed by atoms with E-state index in [0.29, 0.717) is 34.4 Å². The summed E-state index contributed by atoms with van der Waals surface area (Å²) in [6.45, 7) is 2.34. The van der Waals surface area contributed by atoms with Gasteiger partial charge in [-0.25, -0.2) is 9.69 Å². The normalized spacial score (nSPS) is 17.0. The Kier molecular flexibility index (Phi) is 4.85. The molecule has 1 N–H and O–H groups in total. The second-order valence-electron chi connectivity index (χ2n) is 6.12. The van der Waals surface area contributed by atoms with Gasteiger partial charge in [0.05, 0.1) is 17.3 Å². The molecule has 1 fully saturated rings. The van der Waals surface area contributed by atoms with Crippen molar-refractivity contribution in [1.29, 1.82) is 0 Å². The molecule has 2 aromatic rings. The van der Waals surface area contributed by atoms with Crippen LogP contribution < -0.4 is 24.4 Å². The average molecular weight is 415 g/mol. The quantitative estimate of drug-likeness (QED) is 0.610. The van der Waals surface area contributed by atoms with Crippen LogP contribution >= 0.6 is 11.6 Å². The number of carbonyl (C=O) groups is 3. The molecule has 0 aromatic heterocycles. The van der Waals surface area contributed by atoms with Crippen molar-refractivity contribution in [2.75, 3.05) is 18.3 Å². The van der Waals surface area contributed by atoms with Crippen molar-refractivity contribution < 1.29 is 28.6 Å². The minimum atomic E-state index is -0.847. The summed E-state index contributed by atoms with van der Waals surface area (Å²) >= 11 is 6.17. The third-order valence-corrected chi connectivity index (χ3v) is 4.58. The predicted molar refractivity (Wildman–Crippen MR) is 104 cm³/mol. The minimum Gasteiger partial charge on any atom is -0.492 e. The van der Waals surface area contributed by atoms with Crippen molar-refractivity contribution in [3.05, 3.63) is 52.6 Å². The average Bonchev–Trinajstić information content (AvgIpc) is 3.15. The second-order valence-corrected chi connectivity index (χ2v) is 6.53. The number of halogens is 1. The molecule has 0 unspecified atom stereocenters. The molecule has 0 atom stereocenters. The molecule has 0 saturated carbocycles. The van der Waals surface area contributed by atoms with E-state index in [-0.39, 0.29) is 18.1 Å². The molecule has 2 aliphatic heterocycles. The van der Waals surface area contributed by atoms with Gasteiger partial charge in [0.2, 0.25) is 6.79 Å². The summed E-state index contributed by atoms with van der Waals surface area (Å²) < 4.78 is 15.9. The van der Waals surface area contributed by atoms with Crippen LogP contribution in [0.1, 0.15) is 12.5 Å². The molecule has 9 heteroatoms. The lowest BCUT2D eigenvalue weighted by atomic mass is 10.1. The van der Waals surface area contributed by atoms with Crippen LogP contribution in [0, 0.1) is 0 Å². The Morgan fingerprint density at radius 3 is 2.69 bits per heavy atom. The van der Waals surface area contributed by atoms with Crippen LogP contribution in [0.2, 0.25) is 5.02 Å². The molecule has 0 bridgehead atoms. The maximum absolute atomic E-state index is 13.0. The molecule has 4 rings (SSSR count). The largest absolute Gasteiger partial charge is 0.492 e. The van der Waals surface area contributed by atoms with Crippen LogP contribution in [0.4, 0.5) is 10.5 Å². The predicted octanol–water partition coefficient (Wildman–Crippen LogP) is 3.13. The molecular weight excluding hydrogens is 400 g/mol. The Bertz CT molecular complexity index is 1060. The third kappa shape index (κ3) is 3.50. The number of amides is 4. The van der Waals surface area contributed by atoms with Gasteiger partial charge >= 0.3 is 6.03 Å². The van der Waals surface area contributed by atoms with E-state index in [0.717, 1.165) is 4.90 Å². The van der Waals surface area contributed by atoms with E-state index >= 15 is 0 Å². The number of hydrogen-bond acceptors (Lipinski definition) is 6. The molecule has 0 radical (unpaired) electrons. The number of barbiturate groups is 1. The summed E-state index contributed by atoms with van der Waals surface area (Å²) in [5.41, 5.74) is 0.555. The van der Waals surface area contributed by atoms with Gasteiger partial charge in [0.1, 0.15) is 11.3 Å². The molecule has 2 aliphatic rings. The number of carbonyl (C=O) groups excluding carboxylic acids is 3. The highest BCUT2D eigenvalue weighted by atomic mass is 35.5. The van der Waals surface area contributed by atoms with E-state index < -0.39 is 17.8 Å². The standard InChI is InChI=1S/C20H15ClN2O6/c1-2-27-15-5-3-11(8-14(15)21)7-13-18(24)22-20(26)23(19(13)25)12-4-6-16-17(9-12)29-10-28-16/h3-9H,2,10H2,1H3,(H,22,24,26).